The summed E-state index contributed by atoms with van der Waals surface area (Å²) in [6, 6.07) is 8.09. The lowest BCUT2D eigenvalue weighted by molar-refractivity contribution is 0.102. The number of carbonyl (C=O) groups excluding carboxylic acids is 1. The van der Waals surface area contributed by atoms with Crippen LogP contribution < -0.4 is 10.0 Å². The number of hydrogen-bond donors (Lipinski definition) is 2. The molecule has 2 N–H and O–H groups in total. The average Bonchev–Trinajstić information content (AvgIpc) is 2.47. The summed E-state index contributed by atoms with van der Waals surface area (Å²) in [5.74, 6) is -1.29. The average molecular weight is 399 g/mol. The van der Waals surface area contributed by atoms with Gasteiger partial charge in [0.05, 0.1) is 10.6 Å². The fraction of sp³-hybridized carbons (Fsp3) is 0.278. The SMILES string of the molecule is Cc1ccc(S(=O)(=O)NC(C)(C)C)cc1C(=O)Nc1ccc(Cl)cc1F. The van der Waals surface area contributed by atoms with Gasteiger partial charge in [0.25, 0.3) is 5.91 Å². The Morgan fingerprint density at radius 1 is 1.12 bits per heavy atom. The first-order valence-corrected chi connectivity index (χ1v) is 9.66. The monoisotopic (exact) mass is 398 g/mol. The summed E-state index contributed by atoms with van der Waals surface area (Å²) in [5.41, 5.74) is -0.0129. The number of nitrogens with one attached hydrogen (secondary N) is 2. The molecule has 0 saturated heterocycles. The molecule has 26 heavy (non-hydrogen) atoms. The van der Waals surface area contributed by atoms with Gasteiger partial charge in [0.1, 0.15) is 5.82 Å². The number of amides is 1. The van der Waals surface area contributed by atoms with E-state index in [1.165, 1.54) is 30.3 Å². The molecule has 0 aliphatic heterocycles. The molecule has 1 amide bonds. The second-order valence-corrected chi connectivity index (χ2v) is 9.03. The molecule has 8 heteroatoms. The molecule has 0 saturated carbocycles. The molecule has 0 aliphatic carbocycles. The highest BCUT2D eigenvalue weighted by Gasteiger charge is 2.23. The van der Waals surface area contributed by atoms with Crippen molar-refractivity contribution in [2.24, 2.45) is 0 Å². The van der Waals surface area contributed by atoms with Crippen molar-refractivity contribution in [2.75, 3.05) is 5.32 Å². The predicted molar refractivity (Wildman–Crippen MR) is 101 cm³/mol. The van der Waals surface area contributed by atoms with Crippen LogP contribution in [0.1, 0.15) is 36.7 Å². The van der Waals surface area contributed by atoms with Crippen molar-refractivity contribution < 1.29 is 17.6 Å². The minimum atomic E-state index is -3.80. The van der Waals surface area contributed by atoms with Gasteiger partial charge in [-0.15, -0.1) is 0 Å². The summed E-state index contributed by atoms with van der Waals surface area (Å²) in [6.07, 6.45) is 0. The first-order chi connectivity index (χ1) is 11.9. The Hall–Kier alpha value is -1.96. The quantitative estimate of drug-likeness (QED) is 0.813. The fourth-order valence-corrected chi connectivity index (χ4v) is 3.86. The van der Waals surface area contributed by atoms with Crippen LogP contribution in [0.5, 0.6) is 0 Å². The number of aryl methyl sites for hydroxylation is 1. The van der Waals surface area contributed by atoms with Crippen LogP contribution in [0, 0.1) is 12.7 Å². The lowest BCUT2D eigenvalue weighted by Crippen LogP contribution is -2.40. The third-order valence-corrected chi connectivity index (χ3v) is 5.37. The molecule has 0 unspecified atom stereocenters. The highest BCUT2D eigenvalue weighted by molar-refractivity contribution is 7.89. The second kappa shape index (κ2) is 7.34. The van der Waals surface area contributed by atoms with Gasteiger partial charge in [0.15, 0.2) is 0 Å². The van der Waals surface area contributed by atoms with E-state index in [9.17, 15) is 17.6 Å². The molecule has 0 aliphatic rings. The highest BCUT2D eigenvalue weighted by atomic mass is 35.5. The molecule has 0 atom stereocenters. The van der Waals surface area contributed by atoms with Crippen LogP contribution in [0.4, 0.5) is 10.1 Å². The smallest absolute Gasteiger partial charge is 0.256 e. The number of sulfonamides is 1. The number of carbonyl (C=O) groups is 1. The lowest BCUT2D eigenvalue weighted by atomic mass is 10.1. The lowest BCUT2D eigenvalue weighted by Gasteiger charge is -2.20. The van der Waals surface area contributed by atoms with Crippen LogP contribution in [0.25, 0.3) is 0 Å². The van der Waals surface area contributed by atoms with Gasteiger partial charge in [-0.2, -0.15) is 0 Å². The van der Waals surface area contributed by atoms with Gasteiger partial charge < -0.3 is 5.32 Å². The van der Waals surface area contributed by atoms with Crippen molar-refractivity contribution in [3.05, 3.63) is 58.4 Å². The van der Waals surface area contributed by atoms with Gasteiger partial charge in [0, 0.05) is 16.1 Å². The molecule has 0 bridgehead atoms. The Balaban J connectivity index is 2.36. The summed E-state index contributed by atoms with van der Waals surface area (Å²) in [7, 11) is -3.80. The van der Waals surface area contributed by atoms with Crippen LogP contribution >= 0.6 is 11.6 Å². The molecule has 0 spiro atoms. The number of hydrogen-bond acceptors (Lipinski definition) is 3. The first-order valence-electron chi connectivity index (χ1n) is 7.80. The molecule has 2 aromatic carbocycles. The van der Waals surface area contributed by atoms with Crippen LogP contribution in [-0.2, 0) is 10.0 Å². The number of rotatable bonds is 4. The van der Waals surface area contributed by atoms with Gasteiger partial charge in [-0.1, -0.05) is 17.7 Å². The Morgan fingerprint density at radius 2 is 1.77 bits per heavy atom. The molecule has 0 radical (unpaired) electrons. The fourth-order valence-electron chi connectivity index (χ4n) is 2.26. The minimum absolute atomic E-state index is 0.0418. The summed E-state index contributed by atoms with van der Waals surface area (Å²) >= 11 is 5.69. The molecular weight excluding hydrogens is 379 g/mol. The van der Waals surface area contributed by atoms with Crippen LogP contribution in [-0.4, -0.2) is 19.9 Å². The number of benzene rings is 2. The van der Waals surface area contributed by atoms with Crippen molar-refractivity contribution >= 4 is 33.2 Å². The van der Waals surface area contributed by atoms with E-state index in [4.69, 9.17) is 11.6 Å². The first kappa shape index (κ1) is 20.4. The minimum Gasteiger partial charge on any atom is -0.319 e. The molecule has 2 aromatic rings. The van der Waals surface area contributed by atoms with E-state index >= 15 is 0 Å². The third kappa shape index (κ3) is 5.03. The third-order valence-electron chi connectivity index (χ3n) is 3.38. The van der Waals surface area contributed by atoms with E-state index in [1.54, 1.807) is 27.7 Å². The van der Waals surface area contributed by atoms with E-state index in [2.05, 4.69) is 10.0 Å². The zero-order valence-electron chi connectivity index (χ0n) is 14.9. The number of halogens is 2. The van der Waals surface area contributed by atoms with Crippen molar-refractivity contribution in [3.63, 3.8) is 0 Å². The largest absolute Gasteiger partial charge is 0.319 e. The van der Waals surface area contributed by atoms with Crippen molar-refractivity contribution in [3.8, 4) is 0 Å². The van der Waals surface area contributed by atoms with E-state index in [1.807, 2.05) is 0 Å². The van der Waals surface area contributed by atoms with E-state index in [0.717, 1.165) is 6.07 Å². The topological polar surface area (TPSA) is 75.3 Å². The van der Waals surface area contributed by atoms with Crippen molar-refractivity contribution in [1.29, 1.82) is 0 Å². The van der Waals surface area contributed by atoms with E-state index in [-0.39, 0.29) is 21.2 Å². The molecule has 0 heterocycles. The Bertz CT molecular complexity index is 953. The molecule has 0 aromatic heterocycles. The zero-order chi connectivity index (χ0) is 19.7. The molecular formula is C18H20ClFN2O3S. The summed E-state index contributed by atoms with van der Waals surface area (Å²) < 4.78 is 41.3. The molecule has 5 nitrogen and oxygen atoms in total. The van der Waals surface area contributed by atoms with Crippen LogP contribution in [0.2, 0.25) is 5.02 Å². The van der Waals surface area contributed by atoms with Gasteiger partial charge in [-0.3, -0.25) is 4.79 Å². The summed E-state index contributed by atoms with van der Waals surface area (Å²) in [5, 5.41) is 2.64. The molecule has 140 valence electrons. The summed E-state index contributed by atoms with van der Waals surface area (Å²) in [6.45, 7) is 6.82. The normalized spacial score (nSPS) is 12.1. The van der Waals surface area contributed by atoms with Gasteiger partial charge >= 0.3 is 0 Å². The number of anilines is 1. The Morgan fingerprint density at radius 3 is 2.35 bits per heavy atom. The van der Waals surface area contributed by atoms with E-state index < -0.39 is 27.3 Å². The summed E-state index contributed by atoms with van der Waals surface area (Å²) in [4.78, 5) is 12.5. The maximum atomic E-state index is 13.9. The zero-order valence-corrected chi connectivity index (χ0v) is 16.4. The Labute approximate surface area is 157 Å². The maximum absolute atomic E-state index is 13.9. The second-order valence-electron chi connectivity index (χ2n) is 6.91. The highest BCUT2D eigenvalue weighted by Crippen LogP contribution is 2.22. The molecule has 2 rings (SSSR count). The predicted octanol–water partition coefficient (Wildman–Crippen LogP) is 4.12. The van der Waals surface area contributed by atoms with Crippen LogP contribution in [0.3, 0.4) is 0 Å². The van der Waals surface area contributed by atoms with Crippen molar-refractivity contribution in [2.45, 2.75) is 38.1 Å². The van der Waals surface area contributed by atoms with E-state index in [0.29, 0.717) is 5.56 Å². The maximum Gasteiger partial charge on any atom is 0.256 e. The van der Waals surface area contributed by atoms with Gasteiger partial charge in [-0.05, 0) is 63.6 Å². The van der Waals surface area contributed by atoms with Crippen molar-refractivity contribution in [1.82, 2.24) is 4.72 Å². The Kier molecular flexibility index (Phi) is 5.75. The molecule has 0 fully saturated rings. The standard InChI is InChI=1S/C18H20ClFN2O3S/c1-11-5-7-13(26(24,25)22-18(2,3)4)10-14(11)17(23)21-16-8-6-12(19)9-15(16)20/h5-10,22H,1-4H3,(H,21,23). The van der Waals surface area contributed by atoms with Gasteiger partial charge in [0.2, 0.25) is 10.0 Å². The van der Waals surface area contributed by atoms with Gasteiger partial charge in [-0.25, -0.2) is 17.5 Å². The van der Waals surface area contributed by atoms with Crippen LogP contribution in [0.15, 0.2) is 41.3 Å².